The first-order valence-electron chi connectivity index (χ1n) is 5.37. The van der Waals surface area contributed by atoms with Gasteiger partial charge in [-0.1, -0.05) is 6.42 Å². The molecule has 0 aromatic carbocycles. The van der Waals surface area contributed by atoms with Gasteiger partial charge in [0.1, 0.15) is 0 Å². The van der Waals surface area contributed by atoms with Crippen molar-refractivity contribution in [3.63, 3.8) is 0 Å². The Balaban J connectivity index is 1.87. The van der Waals surface area contributed by atoms with Crippen molar-refractivity contribution in [2.24, 2.45) is 11.1 Å². The maximum Gasteiger partial charge on any atom is 0.227 e. The van der Waals surface area contributed by atoms with Crippen LogP contribution in [0.15, 0.2) is 18.3 Å². The van der Waals surface area contributed by atoms with E-state index in [-0.39, 0.29) is 11.3 Å². The van der Waals surface area contributed by atoms with Crippen LogP contribution in [0.1, 0.15) is 25.0 Å². The molecule has 0 atom stereocenters. The third kappa shape index (κ3) is 1.90. The average molecular weight is 207 g/mol. The van der Waals surface area contributed by atoms with Gasteiger partial charge in [0.2, 0.25) is 5.91 Å². The SMILES string of the molecule is NCC1(C(=O)NCc2ccc[nH]2)CCC1. The topological polar surface area (TPSA) is 70.9 Å². The molecule has 0 bridgehead atoms. The largest absolute Gasteiger partial charge is 0.364 e. The Morgan fingerprint density at radius 3 is 2.87 bits per heavy atom. The molecule has 0 radical (unpaired) electrons. The second-order valence-corrected chi connectivity index (χ2v) is 4.22. The normalized spacial score (nSPS) is 18.2. The highest BCUT2D eigenvalue weighted by molar-refractivity contribution is 5.83. The second-order valence-electron chi connectivity index (χ2n) is 4.22. The lowest BCUT2D eigenvalue weighted by atomic mass is 9.68. The predicted molar refractivity (Wildman–Crippen MR) is 58.0 cm³/mol. The highest BCUT2D eigenvalue weighted by Gasteiger charge is 2.42. The number of H-pyrrole nitrogens is 1. The van der Waals surface area contributed by atoms with Gasteiger partial charge in [-0.05, 0) is 25.0 Å². The molecular weight excluding hydrogens is 190 g/mol. The molecule has 1 fully saturated rings. The molecule has 0 aliphatic heterocycles. The van der Waals surface area contributed by atoms with E-state index in [1.54, 1.807) is 0 Å². The molecule has 1 amide bonds. The molecule has 4 heteroatoms. The molecule has 1 aromatic rings. The Bertz CT molecular complexity index is 322. The molecule has 4 nitrogen and oxygen atoms in total. The number of nitrogens with two attached hydrogens (primary N) is 1. The fraction of sp³-hybridized carbons (Fsp3) is 0.545. The van der Waals surface area contributed by atoms with E-state index in [1.165, 1.54) is 0 Å². The number of amides is 1. The molecule has 1 aliphatic rings. The van der Waals surface area contributed by atoms with Crippen LogP contribution in [0.3, 0.4) is 0 Å². The first-order chi connectivity index (χ1) is 7.27. The van der Waals surface area contributed by atoms with Crippen LogP contribution in [-0.4, -0.2) is 17.4 Å². The fourth-order valence-electron chi connectivity index (χ4n) is 1.97. The van der Waals surface area contributed by atoms with E-state index in [2.05, 4.69) is 10.3 Å². The molecule has 1 aliphatic carbocycles. The van der Waals surface area contributed by atoms with E-state index >= 15 is 0 Å². The number of aromatic amines is 1. The zero-order valence-electron chi connectivity index (χ0n) is 8.75. The van der Waals surface area contributed by atoms with Crippen molar-refractivity contribution in [3.8, 4) is 0 Å². The quantitative estimate of drug-likeness (QED) is 0.682. The number of aromatic nitrogens is 1. The molecule has 0 saturated heterocycles. The van der Waals surface area contributed by atoms with Crippen LogP contribution in [0.5, 0.6) is 0 Å². The molecule has 15 heavy (non-hydrogen) atoms. The Hall–Kier alpha value is -1.29. The molecule has 1 heterocycles. The summed E-state index contributed by atoms with van der Waals surface area (Å²) in [4.78, 5) is 14.9. The molecule has 1 saturated carbocycles. The van der Waals surface area contributed by atoms with E-state index in [4.69, 9.17) is 5.73 Å². The standard InChI is InChI=1S/C11H17N3O/c12-8-11(4-2-5-11)10(15)14-7-9-3-1-6-13-9/h1,3,6,13H,2,4-5,7-8,12H2,(H,14,15). The average Bonchev–Trinajstić information content (AvgIpc) is 2.66. The third-order valence-electron chi connectivity index (χ3n) is 3.28. The molecule has 0 unspecified atom stereocenters. The summed E-state index contributed by atoms with van der Waals surface area (Å²) < 4.78 is 0. The van der Waals surface area contributed by atoms with Crippen molar-refractivity contribution < 1.29 is 4.79 Å². The van der Waals surface area contributed by atoms with Crippen molar-refractivity contribution in [2.75, 3.05) is 6.54 Å². The minimum Gasteiger partial charge on any atom is -0.364 e. The Morgan fingerprint density at radius 2 is 2.40 bits per heavy atom. The summed E-state index contributed by atoms with van der Waals surface area (Å²) in [6.45, 7) is 1.02. The summed E-state index contributed by atoms with van der Waals surface area (Å²) >= 11 is 0. The monoisotopic (exact) mass is 207 g/mol. The second kappa shape index (κ2) is 4.06. The zero-order valence-corrected chi connectivity index (χ0v) is 8.75. The number of nitrogens with one attached hydrogen (secondary N) is 2. The lowest BCUT2D eigenvalue weighted by molar-refractivity contribution is -0.135. The van der Waals surface area contributed by atoms with Gasteiger partial charge in [-0.3, -0.25) is 4.79 Å². The highest BCUT2D eigenvalue weighted by atomic mass is 16.2. The fourth-order valence-corrected chi connectivity index (χ4v) is 1.97. The molecule has 0 spiro atoms. The molecule has 4 N–H and O–H groups in total. The number of rotatable bonds is 4. The Labute approximate surface area is 89.2 Å². The number of hydrogen-bond acceptors (Lipinski definition) is 2. The minimum atomic E-state index is -0.271. The van der Waals surface area contributed by atoms with Crippen molar-refractivity contribution in [2.45, 2.75) is 25.8 Å². The number of carbonyl (C=O) groups excluding carboxylic acids is 1. The molecule has 1 aromatic heterocycles. The lowest BCUT2D eigenvalue weighted by Crippen LogP contribution is -2.50. The molecule has 2 rings (SSSR count). The first-order valence-corrected chi connectivity index (χ1v) is 5.37. The van der Waals surface area contributed by atoms with Gasteiger partial charge in [0.15, 0.2) is 0 Å². The van der Waals surface area contributed by atoms with Crippen LogP contribution in [0.25, 0.3) is 0 Å². The van der Waals surface area contributed by atoms with E-state index in [1.807, 2.05) is 18.3 Å². The predicted octanol–water partition coefficient (Wildman–Crippen LogP) is 0.760. The summed E-state index contributed by atoms with van der Waals surface area (Å²) in [7, 11) is 0. The third-order valence-corrected chi connectivity index (χ3v) is 3.28. The van der Waals surface area contributed by atoms with E-state index in [0.717, 1.165) is 25.0 Å². The Morgan fingerprint density at radius 1 is 1.60 bits per heavy atom. The van der Waals surface area contributed by atoms with Gasteiger partial charge in [-0.25, -0.2) is 0 Å². The summed E-state index contributed by atoms with van der Waals surface area (Å²) in [5.74, 6) is 0.103. The van der Waals surface area contributed by atoms with Crippen molar-refractivity contribution in [3.05, 3.63) is 24.0 Å². The van der Waals surface area contributed by atoms with E-state index < -0.39 is 0 Å². The number of carbonyl (C=O) groups is 1. The summed E-state index contributed by atoms with van der Waals surface area (Å²) in [6.07, 6.45) is 4.83. The van der Waals surface area contributed by atoms with Crippen LogP contribution in [0.4, 0.5) is 0 Å². The van der Waals surface area contributed by atoms with Crippen LogP contribution < -0.4 is 11.1 Å². The van der Waals surface area contributed by atoms with Gasteiger partial charge in [0.25, 0.3) is 0 Å². The molecule has 82 valence electrons. The van der Waals surface area contributed by atoms with Gasteiger partial charge in [0, 0.05) is 18.4 Å². The maximum absolute atomic E-state index is 11.9. The first kappa shape index (κ1) is 10.2. The summed E-state index contributed by atoms with van der Waals surface area (Å²) in [5.41, 5.74) is 6.40. The maximum atomic E-state index is 11.9. The number of hydrogen-bond donors (Lipinski definition) is 3. The van der Waals surface area contributed by atoms with Crippen molar-refractivity contribution >= 4 is 5.91 Å². The van der Waals surface area contributed by atoms with Crippen LogP contribution in [0, 0.1) is 5.41 Å². The van der Waals surface area contributed by atoms with Gasteiger partial charge in [0.05, 0.1) is 12.0 Å². The van der Waals surface area contributed by atoms with E-state index in [0.29, 0.717) is 13.1 Å². The van der Waals surface area contributed by atoms with Gasteiger partial charge >= 0.3 is 0 Å². The van der Waals surface area contributed by atoms with Crippen LogP contribution >= 0.6 is 0 Å². The summed E-state index contributed by atoms with van der Waals surface area (Å²) in [6, 6.07) is 3.87. The van der Waals surface area contributed by atoms with Gasteiger partial charge < -0.3 is 16.0 Å². The Kier molecular flexibility index (Phi) is 2.77. The van der Waals surface area contributed by atoms with Crippen LogP contribution in [0.2, 0.25) is 0 Å². The van der Waals surface area contributed by atoms with Crippen LogP contribution in [-0.2, 0) is 11.3 Å². The smallest absolute Gasteiger partial charge is 0.227 e. The van der Waals surface area contributed by atoms with Gasteiger partial charge in [-0.15, -0.1) is 0 Å². The highest BCUT2D eigenvalue weighted by Crippen LogP contribution is 2.39. The zero-order chi connectivity index (χ0) is 10.7. The minimum absolute atomic E-state index is 0.103. The molecular formula is C11H17N3O. The van der Waals surface area contributed by atoms with Crippen molar-refractivity contribution in [1.29, 1.82) is 0 Å². The lowest BCUT2D eigenvalue weighted by Gasteiger charge is -2.39. The van der Waals surface area contributed by atoms with Crippen molar-refractivity contribution in [1.82, 2.24) is 10.3 Å². The van der Waals surface area contributed by atoms with Gasteiger partial charge in [-0.2, -0.15) is 0 Å². The van der Waals surface area contributed by atoms with E-state index in [9.17, 15) is 4.79 Å². The summed E-state index contributed by atoms with van der Waals surface area (Å²) in [5, 5.41) is 2.93.